The minimum atomic E-state index is 0.425. The Morgan fingerprint density at radius 1 is 1.25 bits per heavy atom. The zero-order valence-electron chi connectivity index (χ0n) is 12.4. The number of aryl methyl sites for hydroxylation is 2. The molecule has 0 spiro atoms. The highest BCUT2D eigenvalue weighted by molar-refractivity contribution is 14.1. The standard InChI is InChI=1S/C17H22INS/c1-4-8-19-16(14-9-17(18)20-11-14)10-15-12(2)6-5-7-13(15)3/h5-7,9,11,16,19H,4,8,10H2,1-3H3. The normalized spacial score (nSPS) is 12.6. The Kier molecular flexibility index (Phi) is 6.05. The molecule has 0 amide bonds. The van der Waals surface area contributed by atoms with Crippen LogP contribution in [0.4, 0.5) is 0 Å². The molecule has 0 fully saturated rings. The molecule has 20 heavy (non-hydrogen) atoms. The largest absolute Gasteiger partial charge is 0.310 e. The summed E-state index contributed by atoms with van der Waals surface area (Å²) < 4.78 is 1.36. The van der Waals surface area contributed by atoms with E-state index in [1.807, 2.05) is 11.3 Å². The van der Waals surface area contributed by atoms with Gasteiger partial charge in [-0.05, 0) is 89.5 Å². The molecule has 1 aromatic heterocycles. The summed E-state index contributed by atoms with van der Waals surface area (Å²) in [6.45, 7) is 7.73. The van der Waals surface area contributed by atoms with Gasteiger partial charge in [-0.15, -0.1) is 11.3 Å². The Labute approximate surface area is 139 Å². The topological polar surface area (TPSA) is 12.0 Å². The fourth-order valence-corrected chi connectivity index (χ4v) is 3.93. The first-order valence-corrected chi connectivity index (χ1v) is 9.10. The van der Waals surface area contributed by atoms with Crippen molar-refractivity contribution >= 4 is 33.9 Å². The number of benzene rings is 1. The molecule has 0 radical (unpaired) electrons. The Balaban J connectivity index is 2.23. The monoisotopic (exact) mass is 399 g/mol. The quantitative estimate of drug-likeness (QED) is 0.654. The van der Waals surface area contributed by atoms with E-state index in [4.69, 9.17) is 0 Å². The van der Waals surface area contributed by atoms with E-state index in [1.165, 1.54) is 31.6 Å². The van der Waals surface area contributed by atoms with Gasteiger partial charge in [0.1, 0.15) is 0 Å². The second-order valence-corrected chi connectivity index (χ2v) is 8.07. The van der Waals surface area contributed by atoms with Crippen LogP contribution in [0, 0.1) is 16.7 Å². The average molecular weight is 399 g/mol. The number of hydrogen-bond acceptors (Lipinski definition) is 2. The summed E-state index contributed by atoms with van der Waals surface area (Å²) in [5.74, 6) is 0. The fraction of sp³-hybridized carbons (Fsp3) is 0.412. The molecule has 1 nitrogen and oxygen atoms in total. The summed E-state index contributed by atoms with van der Waals surface area (Å²) in [5, 5.41) is 6.00. The van der Waals surface area contributed by atoms with Gasteiger partial charge in [-0.1, -0.05) is 25.1 Å². The van der Waals surface area contributed by atoms with Crippen LogP contribution in [0.2, 0.25) is 0 Å². The van der Waals surface area contributed by atoms with Crippen LogP contribution in [0.5, 0.6) is 0 Å². The predicted molar refractivity (Wildman–Crippen MR) is 97.7 cm³/mol. The van der Waals surface area contributed by atoms with E-state index in [1.54, 1.807) is 0 Å². The summed E-state index contributed by atoms with van der Waals surface area (Å²) >= 11 is 4.24. The maximum Gasteiger partial charge on any atom is 0.0656 e. The number of nitrogens with one attached hydrogen (secondary N) is 1. The second kappa shape index (κ2) is 7.57. The molecule has 2 aromatic rings. The number of thiophene rings is 1. The lowest BCUT2D eigenvalue weighted by atomic mass is 9.94. The molecule has 0 bridgehead atoms. The highest BCUT2D eigenvalue weighted by Gasteiger charge is 2.15. The molecule has 108 valence electrons. The molecule has 3 heteroatoms. The minimum Gasteiger partial charge on any atom is -0.310 e. The molecule has 0 saturated carbocycles. The molecule has 1 unspecified atom stereocenters. The van der Waals surface area contributed by atoms with Gasteiger partial charge in [-0.25, -0.2) is 0 Å². The lowest BCUT2D eigenvalue weighted by molar-refractivity contribution is 0.528. The molecule has 0 aliphatic heterocycles. The van der Waals surface area contributed by atoms with Gasteiger partial charge >= 0.3 is 0 Å². The molecule has 0 aliphatic carbocycles. The summed E-state index contributed by atoms with van der Waals surface area (Å²) in [5.41, 5.74) is 5.72. The molecule has 0 aliphatic rings. The van der Waals surface area contributed by atoms with Gasteiger partial charge in [0.25, 0.3) is 0 Å². The summed E-state index contributed by atoms with van der Waals surface area (Å²) in [4.78, 5) is 0. The highest BCUT2D eigenvalue weighted by Crippen LogP contribution is 2.27. The molecular weight excluding hydrogens is 377 g/mol. The summed E-state index contributed by atoms with van der Waals surface area (Å²) in [6, 6.07) is 9.32. The van der Waals surface area contributed by atoms with Crippen molar-refractivity contribution in [1.29, 1.82) is 0 Å². The van der Waals surface area contributed by atoms with E-state index in [-0.39, 0.29) is 0 Å². The van der Waals surface area contributed by atoms with Gasteiger partial charge in [0, 0.05) is 6.04 Å². The lowest BCUT2D eigenvalue weighted by Gasteiger charge is -2.20. The van der Waals surface area contributed by atoms with Gasteiger partial charge < -0.3 is 5.32 Å². The fourth-order valence-electron chi connectivity index (χ4n) is 2.51. The average Bonchev–Trinajstić information content (AvgIpc) is 2.84. The van der Waals surface area contributed by atoms with E-state index in [0.717, 1.165) is 13.0 Å². The number of halogens is 1. The van der Waals surface area contributed by atoms with Crippen LogP contribution in [-0.4, -0.2) is 6.54 Å². The van der Waals surface area contributed by atoms with Crippen molar-refractivity contribution < 1.29 is 0 Å². The predicted octanol–water partition coefficient (Wildman–Crippen LogP) is 5.25. The van der Waals surface area contributed by atoms with Crippen LogP contribution < -0.4 is 5.32 Å². The van der Waals surface area contributed by atoms with Crippen molar-refractivity contribution in [3.63, 3.8) is 0 Å². The SMILES string of the molecule is CCCNC(Cc1c(C)cccc1C)c1csc(I)c1. The van der Waals surface area contributed by atoms with E-state index >= 15 is 0 Å². The summed E-state index contributed by atoms with van der Waals surface area (Å²) in [7, 11) is 0. The van der Waals surface area contributed by atoms with Gasteiger partial charge in [0.2, 0.25) is 0 Å². The molecular formula is C17H22INS. The van der Waals surface area contributed by atoms with Crippen molar-refractivity contribution in [1.82, 2.24) is 5.32 Å². The van der Waals surface area contributed by atoms with Gasteiger partial charge in [-0.2, -0.15) is 0 Å². The first-order valence-electron chi connectivity index (χ1n) is 7.14. The maximum absolute atomic E-state index is 3.71. The maximum atomic E-state index is 3.71. The highest BCUT2D eigenvalue weighted by atomic mass is 127. The van der Waals surface area contributed by atoms with E-state index in [9.17, 15) is 0 Å². The van der Waals surface area contributed by atoms with Crippen molar-refractivity contribution in [3.8, 4) is 0 Å². The van der Waals surface area contributed by atoms with Gasteiger partial charge in [-0.3, -0.25) is 0 Å². The van der Waals surface area contributed by atoms with Crippen LogP contribution >= 0.6 is 33.9 Å². The summed E-state index contributed by atoms with van der Waals surface area (Å²) in [6.07, 6.45) is 2.25. The molecule has 1 N–H and O–H groups in total. The van der Waals surface area contributed by atoms with E-state index in [2.05, 4.69) is 78.3 Å². The van der Waals surface area contributed by atoms with Gasteiger partial charge in [0.15, 0.2) is 0 Å². The lowest BCUT2D eigenvalue weighted by Crippen LogP contribution is -2.24. The van der Waals surface area contributed by atoms with Gasteiger partial charge in [0.05, 0.1) is 2.88 Å². The molecule has 2 rings (SSSR count). The Hall–Kier alpha value is -0.390. The van der Waals surface area contributed by atoms with Crippen molar-refractivity contribution in [3.05, 3.63) is 54.8 Å². The third-order valence-corrected chi connectivity index (χ3v) is 5.49. The molecule has 0 saturated heterocycles. The van der Waals surface area contributed by atoms with Crippen molar-refractivity contribution in [2.45, 2.75) is 39.7 Å². The Morgan fingerprint density at radius 3 is 2.50 bits per heavy atom. The zero-order valence-corrected chi connectivity index (χ0v) is 15.3. The number of hydrogen-bond donors (Lipinski definition) is 1. The second-order valence-electron chi connectivity index (χ2n) is 5.27. The zero-order chi connectivity index (χ0) is 14.5. The van der Waals surface area contributed by atoms with Crippen molar-refractivity contribution in [2.75, 3.05) is 6.54 Å². The van der Waals surface area contributed by atoms with Crippen LogP contribution in [0.15, 0.2) is 29.6 Å². The third-order valence-electron chi connectivity index (χ3n) is 3.68. The Bertz CT molecular complexity index is 542. The van der Waals surface area contributed by atoms with Crippen LogP contribution in [0.1, 0.15) is 41.6 Å². The Morgan fingerprint density at radius 2 is 1.95 bits per heavy atom. The van der Waals surface area contributed by atoms with E-state index < -0.39 is 0 Å². The first-order chi connectivity index (χ1) is 9.61. The molecule has 1 atom stereocenters. The van der Waals surface area contributed by atoms with Crippen LogP contribution in [0.3, 0.4) is 0 Å². The minimum absolute atomic E-state index is 0.425. The van der Waals surface area contributed by atoms with E-state index in [0.29, 0.717) is 6.04 Å². The molecule has 1 aromatic carbocycles. The van der Waals surface area contributed by atoms with Crippen molar-refractivity contribution in [2.24, 2.45) is 0 Å². The smallest absolute Gasteiger partial charge is 0.0656 e. The molecule has 1 heterocycles. The third kappa shape index (κ3) is 4.06. The van der Waals surface area contributed by atoms with Crippen LogP contribution in [0.25, 0.3) is 0 Å². The number of rotatable bonds is 6. The van der Waals surface area contributed by atoms with Crippen LogP contribution in [-0.2, 0) is 6.42 Å². The first kappa shape index (κ1) is 16.0.